The molecular formula is C12H16F3NO3. The Labute approximate surface area is 109 Å². The van der Waals surface area contributed by atoms with Crippen LogP contribution in [0.4, 0.5) is 13.2 Å². The van der Waals surface area contributed by atoms with Crippen molar-refractivity contribution in [2.75, 3.05) is 7.11 Å². The number of aliphatic imine (C=N–C) groups is 1. The van der Waals surface area contributed by atoms with E-state index in [1.54, 1.807) is 0 Å². The number of carbonyl (C=O) groups is 2. The van der Waals surface area contributed by atoms with Gasteiger partial charge >= 0.3 is 12.1 Å². The van der Waals surface area contributed by atoms with Crippen LogP contribution in [0.25, 0.3) is 0 Å². The van der Waals surface area contributed by atoms with Crippen LogP contribution in [-0.4, -0.2) is 30.9 Å². The van der Waals surface area contributed by atoms with E-state index in [4.69, 9.17) is 0 Å². The summed E-state index contributed by atoms with van der Waals surface area (Å²) in [7, 11) is 0.812. The van der Waals surface area contributed by atoms with Gasteiger partial charge in [-0.05, 0) is 12.3 Å². The van der Waals surface area contributed by atoms with Gasteiger partial charge in [0.2, 0.25) is 11.6 Å². The Morgan fingerprint density at radius 3 is 2.32 bits per heavy atom. The molecule has 0 saturated heterocycles. The normalized spacial score (nSPS) is 17.6. The van der Waals surface area contributed by atoms with Gasteiger partial charge in [-0.3, -0.25) is 4.79 Å². The topological polar surface area (TPSA) is 55.7 Å². The maximum atomic E-state index is 12.5. The molecule has 1 aliphatic rings. The summed E-state index contributed by atoms with van der Waals surface area (Å²) >= 11 is 0. The lowest BCUT2D eigenvalue weighted by Crippen LogP contribution is -2.33. The van der Waals surface area contributed by atoms with Crippen molar-refractivity contribution < 1.29 is 27.5 Å². The van der Waals surface area contributed by atoms with Crippen molar-refractivity contribution in [3.05, 3.63) is 0 Å². The Kier molecular flexibility index (Phi) is 5.50. The summed E-state index contributed by atoms with van der Waals surface area (Å²) in [6.07, 6.45) is -0.331. The first-order valence-electron chi connectivity index (χ1n) is 6.11. The summed E-state index contributed by atoms with van der Waals surface area (Å²) in [5.74, 6) is -2.18. The number of hydrogen-bond acceptors (Lipinski definition) is 3. The van der Waals surface area contributed by atoms with Crippen molar-refractivity contribution >= 4 is 17.6 Å². The van der Waals surface area contributed by atoms with E-state index in [1.165, 1.54) is 0 Å². The van der Waals surface area contributed by atoms with Crippen molar-refractivity contribution in [3.63, 3.8) is 0 Å². The third kappa shape index (κ3) is 5.00. The molecule has 0 aliphatic heterocycles. The molecule has 4 nitrogen and oxygen atoms in total. The highest BCUT2D eigenvalue weighted by Gasteiger charge is 2.42. The predicted octanol–water partition coefficient (Wildman–Crippen LogP) is 2.66. The highest BCUT2D eigenvalue weighted by atomic mass is 19.4. The average Bonchev–Trinajstić information content (AvgIpc) is 2.84. The van der Waals surface area contributed by atoms with Crippen LogP contribution in [0.5, 0.6) is 0 Å². The van der Waals surface area contributed by atoms with Gasteiger partial charge in [-0.25, -0.2) is 9.79 Å². The van der Waals surface area contributed by atoms with Gasteiger partial charge < -0.3 is 4.74 Å². The van der Waals surface area contributed by atoms with Gasteiger partial charge in [-0.2, -0.15) is 13.2 Å². The zero-order valence-corrected chi connectivity index (χ0v) is 10.6. The monoisotopic (exact) mass is 279 g/mol. The van der Waals surface area contributed by atoms with Crippen molar-refractivity contribution in [1.29, 1.82) is 0 Å². The van der Waals surface area contributed by atoms with E-state index >= 15 is 0 Å². The molecule has 0 aromatic carbocycles. The number of halogens is 3. The molecule has 1 saturated carbocycles. The predicted molar refractivity (Wildman–Crippen MR) is 61.7 cm³/mol. The van der Waals surface area contributed by atoms with Gasteiger partial charge in [0, 0.05) is 6.42 Å². The Balaban J connectivity index is 2.61. The summed E-state index contributed by atoms with van der Waals surface area (Å²) in [5.41, 5.74) is -1.79. The van der Waals surface area contributed by atoms with Gasteiger partial charge in [-0.1, -0.05) is 25.7 Å². The van der Waals surface area contributed by atoms with Crippen molar-refractivity contribution in [3.8, 4) is 0 Å². The fraction of sp³-hybridized carbons (Fsp3) is 0.750. The Morgan fingerprint density at radius 2 is 1.84 bits per heavy atom. The summed E-state index contributed by atoms with van der Waals surface area (Å²) in [5, 5.41) is 0. The van der Waals surface area contributed by atoms with E-state index in [0.29, 0.717) is 12.3 Å². The fourth-order valence-electron chi connectivity index (χ4n) is 2.13. The number of methoxy groups -OCH3 is 1. The van der Waals surface area contributed by atoms with Crippen LogP contribution in [0, 0.1) is 5.92 Å². The molecule has 1 amide bonds. The first-order valence-corrected chi connectivity index (χ1v) is 6.11. The Morgan fingerprint density at radius 1 is 1.26 bits per heavy atom. The number of alkyl halides is 3. The van der Waals surface area contributed by atoms with E-state index in [2.05, 4.69) is 9.73 Å². The summed E-state index contributed by atoms with van der Waals surface area (Å²) in [4.78, 5) is 25.2. The fourth-order valence-corrected chi connectivity index (χ4v) is 2.13. The van der Waals surface area contributed by atoms with Crippen LogP contribution in [0.2, 0.25) is 0 Å². The second-order valence-electron chi connectivity index (χ2n) is 4.53. The third-order valence-electron chi connectivity index (χ3n) is 3.12. The number of rotatable bonds is 4. The van der Waals surface area contributed by atoms with E-state index < -0.39 is 23.8 Å². The van der Waals surface area contributed by atoms with Crippen molar-refractivity contribution in [1.82, 2.24) is 0 Å². The zero-order chi connectivity index (χ0) is 14.5. The highest BCUT2D eigenvalue weighted by molar-refractivity contribution is 6.40. The molecule has 1 fully saturated rings. The molecule has 0 aromatic rings. The number of amides is 1. The van der Waals surface area contributed by atoms with Gasteiger partial charge in [0.15, 0.2) is 0 Å². The van der Waals surface area contributed by atoms with E-state index in [9.17, 15) is 22.8 Å². The third-order valence-corrected chi connectivity index (χ3v) is 3.12. The number of ether oxygens (including phenoxy) is 1. The van der Waals surface area contributed by atoms with Gasteiger partial charge in [0.1, 0.15) is 0 Å². The van der Waals surface area contributed by atoms with Crippen molar-refractivity contribution in [2.45, 2.75) is 44.7 Å². The largest absolute Gasteiger partial charge is 0.464 e. The molecule has 0 radical (unpaired) electrons. The molecular weight excluding hydrogens is 263 g/mol. The van der Waals surface area contributed by atoms with Crippen molar-refractivity contribution in [2.24, 2.45) is 10.9 Å². The first-order chi connectivity index (χ1) is 8.84. The van der Waals surface area contributed by atoms with Crippen LogP contribution in [0.3, 0.4) is 0 Å². The maximum Gasteiger partial charge on any atom is 0.440 e. The quantitative estimate of drug-likeness (QED) is 0.587. The molecule has 0 spiro atoms. The van der Waals surface area contributed by atoms with E-state index in [0.717, 1.165) is 32.8 Å². The average molecular weight is 279 g/mol. The van der Waals surface area contributed by atoms with Crippen LogP contribution in [0.15, 0.2) is 4.99 Å². The second kappa shape index (κ2) is 6.68. The Hall–Kier alpha value is -1.40. The molecule has 1 rings (SSSR count). The molecule has 0 unspecified atom stereocenters. The number of hydrogen-bond donors (Lipinski definition) is 0. The lowest BCUT2D eigenvalue weighted by Gasteiger charge is -2.09. The van der Waals surface area contributed by atoms with Crippen LogP contribution in [0.1, 0.15) is 38.5 Å². The molecule has 0 aromatic heterocycles. The molecule has 7 heteroatoms. The van der Waals surface area contributed by atoms with Crippen LogP contribution >= 0.6 is 0 Å². The van der Waals surface area contributed by atoms with Gasteiger partial charge in [0.05, 0.1) is 7.11 Å². The minimum atomic E-state index is -4.98. The maximum absolute atomic E-state index is 12.5. The molecule has 1 aliphatic carbocycles. The molecule has 108 valence electrons. The summed E-state index contributed by atoms with van der Waals surface area (Å²) in [6, 6.07) is 0. The molecule has 0 bridgehead atoms. The summed E-state index contributed by atoms with van der Waals surface area (Å²) < 4.78 is 41.4. The molecule has 0 heterocycles. The molecule has 0 N–H and O–H groups in total. The first kappa shape index (κ1) is 15.7. The van der Waals surface area contributed by atoms with Crippen LogP contribution < -0.4 is 0 Å². The lowest BCUT2D eigenvalue weighted by molar-refractivity contribution is -0.137. The van der Waals surface area contributed by atoms with Gasteiger partial charge in [0.25, 0.3) is 0 Å². The second-order valence-corrected chi connectivity index (χ2v) is 4.53. The standard InChI is InChI=1S/C12H16F3NO3/c1-19-11(18)10(12(13,14)15)16-9(17)7-6-8-4-2-3-5-8/h8H,2-7H2,1H3. The minimum absolute atomic E-state index is 0.0682. The number of carbonyl (C=O) groups excluding carboxylic acids is 2. The smallest absolute Gasteiger partial charge is 0.440 e. The molecule has 19 heavy (non-hydrogen) atoms. The Bertz CT molecular complexity index is 371. The van der Waals surface area contributed by atoms with Gasteiger partial charge in [-0.15, -0.1) is 0 Å². The van der Waals surface area contributed by atoms with Crippen LogP contribution in [-0.2, 0) is 14.3 Å². The molecule has 0 atom stereocenters. The number of nitrogens with zero attached hydrogens (tertiary/aromatic N) is 1. The minimum Gasteiger partial charge on any atom is -0.464 e. The SMILES string of the molecule is COC(=O)C(=NC(=O)CCC1CCCC1)C(F)(F)F. The lowest BCUT2D eigenvalue weighted by atomic mass is 10.0. The number of esters is 1. The van der Waals surface area contributed by atoms with E-state index in [-0.39, 0.29) is 6.42 Å². The highest BCUT2D eigenvalue weighted by Crippen LogP contribution is 2.28. The zero-order valence-electron chi connectivity index (χ0n) is 10.6. The van der Waals surface area contributed by atoms with E-state index in [1.807, 2.05) is 0 Å². The summed E-state index contributed by atoms with van der Waals surface area (Å²) in [6.45, 7) is 0.